The van der Waals surface area contributed by atoms with Crippen molar-refractivity contribution >= 4 is 11.6 Å². The number of hydrogen-bond acceptors (Lipinski definition) is 2. The smallest absolute Gasteiger partial charge is 0.0456 e. The maximum absolute atomic E-state index is 6.35. The second-order valence-electron chi connectivity index (χ2n) is 7.05. The van der Waals surface area contributed by atoms with Crippen molar-refractivity contribution in [3.63, 3.8) is 0 Å². The normalized spacial score (nSPS) is 13.3. The molecular formula is C17H29ClN2. The van der Waals surface area contributed by atoms with Crippen LogP contribution in [0.2, 0.25) is 5.02 Å². The highest BCUT2D eigenvalue weighted by atomic mass is 35.5. The molecule has 114 valence electrons. The third kappa shape index (κ3) is 4.21. The Bertz CT molecular complexity index is 435. The average molecular weight is 297 g/mol. The summed E-state index contributed by atoms with van der Waals surface area (Å²) < 4.78 is 0. The Labute approximate surface area is 129 Å². The van der Waals surface area contributed by atoms with Gasteiger partial charge in [-0.15, -0.1) is 0 Å². The van der Waals surface area contributed by atoms with Crippen molar-refractivity contribution in [2.75, 3.05) is 27.2 Å². The van der Waals surface area contributed by atoms with Crippen LogP contribution < -0.4 is 0 Å². The minimum atomic E-state index is -0.0724. The molecule has 1 rings (SSSR count). The molecule has 0 amide bonds. The molecule has 0 aromatic heterocycles. The lowest BCUT2D eigenvalue weighted by Gasteiger charge is -2.39. The SMILES string of the molecule is CN(CCN(C)C(C)(C)c1ccccc1Cl)C(C)(C)C. The third-order valence-corrected chi connectivity index (χ3v) is 4.73. The Hall–Kier alpha value is -0.570. The molecule has 1 aromatic rings. The zero-order valence-corrected chi connectivity index (χ0v) is 14.8. The predicted octanol–water partition coefficient (Wildman–Crippen LogP) is 4.24. The summed E-state index contributed by atoms with van der Waals surface area (Å²) in [7, 11) is 4.34. The highest BCUT2D eigenvalue weighted by Gasteiger charge is 2.28. The van der Waals surface area contributed by atoms with Gasteiger partial charge in [0.2, 0.25) is 0 Å². The summed E-state index contributed by atoms with van der Waals surface area (Å²) in [5, 5.41) is 0.841. The lowest BCUT2D eigenvalue weighted by atomic mass is 9.92. The van der Waals surface area contributed by atoms with Crippen LogP contribution in [0, 0.1) is 0 Å². The van der Waals surface area contributed by atoms with Crippen molar-refractivity contribution in [1.82, 2.24) is 9.80 Å². The number of likely N-dealkylation sites (N-methyl/N-ethyl adjacent to an activating group) is 2. The molecule has 0 radical (unpaired) electrons. The van der Waals surface area contributed by atoms with E-state index in [4.69, 9.17) is 11.6 Å². The van der Waals surface area contributed by atoms with Gasteiger partial charge in [0, 0.05) is 29.2 Å². The van der Waals surface area contributed by atoms with Gasteiger partial charge in [-0.1, -0.05) is 29.8 Å². The molecule has 0 unspecified atom stereocenters. The van der Waals surface area contributed by atoms with Crippen molar-refractivity contribution < 1.29 is 0 Å². The van der Waals surface area contributed by atoms with Crippen molar-refractivity contribution in [3.8, 4) is 0 Å². The molecule has 20 heavy (non-hydrogen) atoms. The fourth-order valence-corrected chi connectivity index (χ4v) is 2.44. The fraction of sp³-hybridized carbons (Fsp3) is 0.647. The summed E-state index contributed by atoms with van der Waals surface area (Å²) in [6.45, 7) is 13.2. The van der Waals surface area contributed by atoms with E-state index in [-0.39, 0.29) is 11.1 Å². The molecule has 0 bridgehead atoms. The molecule has 0 spiro atoms. The summed E-state index contributed by atoms with van der Waals surface area (Å²) in [4.78, 5) is 4.75. The average Bonchev–Trinajstić information content (AvgIpc) is 2.34. The van der Waals surface area contributed by atoms with Crippen LogP contribution in [0.3, 0.4) is 0 Å². The van der Waals surface area contributed by atoms with Crippen molar-refractivity contribution in [2.45, 2.75) is 45.7 Å². The Balaban J connectivity index is 2.76. The maximum Gasteiger partial charge on any atom is 0.0456 e. The zero-order chi connectivity index (χ0) is 15.6. The monoisotopic (exact) mass is 296 g/mol. The van der Waals surface area contributed by atoms with Crippen LogP contribution in [-0.4, -0.2) is 42.5 Å². The van der Waals surface area contributed by atoms with E-state index in [0.29, 0.717) is 0 Å². The van der Waals surface area contributed by atoms with Crippen molar-refractivity contribution in [3.05, 3.63) is 34.9 Å². The Morgan fingerprint density at radius 1 is 0.900 bits per heavy atom. The summed E-state index contributed by atoms with van der Waals surface area (Å²) in [6.07, 6.45) is 0. The topological polar surface area (TPSA) is 6.48 Å². The van der Waals surface area contributed by atoms with E-state index in [1.165, 1.54) is 5.56 Å². The molecule has 0 aliphatic carbocycles. The van der Waals surface area contributed by atoms with Gasteiger partial charge in [0.25, 0.3) is 0 Å². The van der Waals surface area contributed by atoms with E-state index in [2.05, 4.69) is 70.6 Å². The Morgan fingerprint density at radius 3 is 1.90 bits per heavy atom. The van der Waals surface area contributed by atoms with E-state index in [9.17, 15) is 0 Å². The van der Waals surface area contributed by atoms with E-state index in [0.717, 1.165) is 18.1 Å². The van der Waals surface area contributed by atoms with Gasteiger partial charge in [0.05, 0.1) is 0 Å². The van der Waals surface area contributed by atoms with Crippen LogP contribution in [0.4, 0.5) is 0 Å². The highest BCUT2D eigenvalue weighted by molar-refractivity contribution is 6.31. The van der Waals surface area contributed by atoms with Crippen LogP contribution in [0.5, 0.6) is 0 Å². The molecule has 0 aliphatic heterocycles. The zero-order valence-electron chi connectivity index (χ0n) is 14.0. The van der Waals surface area contributed by atoms with Gasteiger partial charge in [-0.05, 0) is 60.3 Å². The summed E-state index contributed by atoms with van der Waals surface area (Å²) in [5.74, 6) is 0. The number of rotatable bonds is 5. The second-order valence-corrected chi connectivity index (χ2v) is 7.46. The summed E-state index contributed by atoms with van der Waals surface area (Å²) in [5.41, 5.74) is 1.31. The molecule has 1 aromatic carbocycles. The first kappa shape index (κ1) is 17.5. The van der Waals surface area contributed by atoms with Crippen LogP contribution in [0.25, 0.3) is 0 Å². The highest BCUT2D eigenvalue weighted by Crippen LogP contribution is 2.31. The first-order chi connectivity index (χ1) is 9.06. The minimum absolute atomic E-state index is 0.0724. The van der Waals surface area contributed by atoms with Gasteiger partial charge in [-0.3, -0.25) is 4.90 Å². The van der Waals surface area contributed by atoms with Crippen LogP contribution in [-0.2, 0) is 5.54 Å². The van der Waals surface area contributed by atoms with Crippen LogP contribution in [0.15, 0.2) is 24.3 Å². The molecule has 0 heterocycles. The molecule has 0 N–H and O–H groups in total. The van der Waals surface area contributed by atoms with E-state index < -0.39 is 0 Å². The maximum atomic E-state index is 6.35. The fourth-order valence-electron chi connectivity index (χ4n) is 2.08. The third-order valence-electron chi connectivity index (χ3n) is 4.40. The molecule has 0 aliphatic rings. The van der Waals surface area contributed by atoms with E-state index in [1.807, 2.05) is 12.1 Å². The molecule has 0 fully saturated rings. The minimum Gasteiger partial charge on any atom is -0.300 e. The van der Waals surface area contributed by atoms with Gasteiger partial charge in [0.15, 0.2) is 0 Å². The van der Waals surface area contributed by atoms with Gasteiger partial charge in [-0.2, -0.15) is 0 Å². The van der Waals surface area contributed by atoms with Crippen LogP contribution >= 0.6 is 11.6 Å². The predicted molar refractivity (Wildman–Crippen MR) is 89.5 cm³/mol. The number of hydrogen-bond donors (Lipinski definition) is 0. The standard InChI is InChI=1S/C17H29ClN2/c1-16(2,3)19(6)12-13-20(7)17(4,5)14-10-8-9-11-15(14)18/h8-11H,12-13H2,1-7H3. The van der Waals surface area contributed by atoms with Crippen LogP contribution in [0.1, 0.15) is 40.2 Å². The molecule has 0 saturated heterocycles. The molecule has 2 nitrogen and oxygen atoms in total. The molecule has 0 saturated carbocycles. The first-order valence-electron chi connectivity index (χ1n) is 7.24. The Morgan fingerprint density at radius 2 is 1.40 bits per heavy atom. The van der Waals surface area contributed by atoms with Crippen molar-refractivity contribution in [1.29, 1.82) is 0 Å². The second kappa shape index (κ2) is 6.46. The van der Waals surface area contributed by atoms with E-state index >= 15 is 0 Å². The Kier molecular flexibility index (Phi) is 5.65. The number of benzene rings is 1. The van der Waals surface area contributed by atoms with Crippen molar-refractivity contribution in [2.24, 2.45) is 0 Å². The quantitative estimate of drug-likeness (QED) is 0.802. The molecule has 3 heteroatoms. The summed E-state index contributed by atoms with van der Waals surface area (Å²) in [6, 6.07) is 8.12. The van der Waals surface area contributed by atoms with E-state index in [1.54, 1.807) is 0 Å². The molecule has 0 atom stereocenters. The number of halogens is 1. The van der Waals surface area contributed by atoms with Gasteiger partial charge in [-0.25, -0.2) is 0 Å². The van der Waals surface area contributed by atoms with Gasteiger partial charge >= 0.3 is 0 Å². The van der Waals surface area contributed by atoms with Gasteiger partial charge < -0.3 is 4.90 Å². The first-order valence-corrected chi connectivity index (χ1v) is 7.62. The largest absolute Gasteiger partial charge is 0.300 e. The number of nitrogens with zero attached hydrogens (tertiary/aromatic N) is 2. The lowest BCUT2D eigenvalue weighted by molar-refractivity contribution is 0.106. The lowest BCUT2D eigenvalue weighted by Crippen LogP contribution is -2.46. The molecular weight excluding hydrogens is 268 g/mol. The summed E-state index contributed by atoms with van der Waals surface area (Å²) >= 11 is 6.35. The van der Waals surface area contributed by atoms with Gasteiger partial charge in [0.1, 0.15) is 0 Å².